The average molecular weight is 274 g/mol. The van der Waals surface area contributed by atoms with E-state index in [2.05, 4.69) is 79.1 Å². The monoisotopic (exact) mass is 274 g/mol. The minimum atomic E-state index is 1.19. The fourth-order valence-electron chi connectivity index (χ4n) is 3.17. The third-order valence-corrected chi connectivity index (χ3v) is 4.40. The van der Waals surface area contributed by atoms with Crippen molar-refractivity contribution in [1.82, 2.24) is 9.55 Å². The Morgan fingerprint density at radius 3 is 2.57 bits per heavy atom. The smallest absolute Gasteiger partial charge is 0.0487 e. The summed E-state index contributed by atoms with van der Waals surface area (Å²) in [5.41, 5.74) is 7.54. The third-order valence-electron chi connectivity index (χ3n) is 4.40. The van der Waals surface area contributed by atoms with Crippen LogP contribution in [0.15, 0.2) is 48.7 Å². The molecule has 0 spiro atoms. The molecule has 2 heterocycles. The van der Waals surface area contributed by atoms with Gasteiger partial charge in [-0.1, -0.05) is 12.1 Å². The number of benzene rings is 2. The number of fused-ring (bicyclic) bond motifs is 2. The molecule has 0 aliphatic heterocycles. The molecule has 0 atom stereocenters. The number of aryl methyl sites for hydroxylation is 3. The van der Waals surface area contributed by atoms with Gasteiger partial charge in [-0.25, -0.2) is 0 Å². The molecule has 0 radical (unpaired) electrons. The van der Waals surface area contributed by atoms with Crippen LogP contribution in [-0.4, -0.2) is 9.55 Å². The van der Waals surface area contributed by atoms with Gasteiger partial charge in [-0.2, -0.15) is 0 Å². The summed E-state index contributed by atoms with van der Waals surface area (Å²) in [6.07, 6.45) is 2.12. The maximum Gasteiger partial charge on any atom is 0.0487 e. The predicted octanol–water partition coefficient (Wildman–Crippen LogP) is 4.94. The lowest BCUT2D eigenvalue weighted by Gasteiger charge is -2.04. The second kappa shape index (κ2) is 4.26. The standard InChI is InChI=1S/C19H18N2/c1-12-5-4-6-17-16(12)11-18(20-17)14-9-13(2)15-7-8-21(3)19(15)10-14/h4-11,20H,1-3H3. The largest absolute Gasteiger partial charge is 0.355 e. The molecule has 4 aromatic rings. The summed E-state index contributed by atoms with van der Waals surface area (Å²) < 4.78 is 2.18. The van der Waals surface area contributed by atoms with E-state index in [9.17, 15) is 0 Å². The molecule has 2 nitrogen and oxygen atoms in total. The molecule has 2 aromatic heterocycles. The molecule has 0 fully saturated rings. The van der Waals surface area contributed by atoms with Crippen LogP contribution < -0.4 is 0 Å². The van der Waals surface area contributed by atoms with Gasteiger partial charge in [-0.05, 0) is 55.3 Å². The first-order chi connectivity index (χ1) is 10.1. The molecule has 0 aliphatic carbocycles. The Bertz CT molecular complexity index is 970. The van der Waals surface area contributed by atoms with Gasteiger partial charge in [-0.15, -0.1) is 0 Å². The van der Waals surface area contributed by atoms with E-state index in [1.165, 1.54) is 44.2 Å². The Balaban J connectivity index is 1.99. The van der Waals surface area contributed by atoms with Crippen LogP contribution in [0.25, 0.3) is 33.1 Å². The lowest BCUT2D eigenvalue weighted by Crippen LogP contribution is -1.87. The van der Waals surface area contributed by atoms with Gasteiger partial charge < -0.3 is 9.55 Å². The molecular weight excluding hydrogens is 256 g/mol. The van der Waals surface area contributed by atoms with E-state index in [1.807, 2.05) is 0 Å². The number of nitrogens with one attached hydrogen (secondary N) is 1. The van der Waals surface area contributed by atoms with Gasteiger partial charge >= 0.3 is 0 Å². The summed E-state index contributed by atoms with van der Waals surface area (Å²) in [5, 5.41) is 2.63. The number of nitrogens with zero attached hydrogens (tertiary/aromatic N) is 1. The van der Waals surface area contributed by atoms with Crippen molar-refractivity contribution in [2.45, 2.75) is 13.8 Å². The van der Waals surface area contributed by atoms with Gasteiger partial charge in [0.05, 0.1) is 0 Å². The van der Waals surface area contributed by atoms with Crippen molar-refractivity contribution in [1.29, 1.82) is 0 Å². The highest BCUT2D eigenvalue weighted by Crippen LogP contribution is 2.30. The number of aromatic nitrogens is 2. The molecule has 0 aliphatic rings. The van der Waals surface area contributed by atoms with Crippen LogP contribution in [0, 0.1) is 13.8 Å². The maximum absolute atomic E-state index is 3.55. The molecule has 4 rings (SSSR count). The van der Waals surface area contributed by atoms with Crippen molar-refractivity contribution in [3.63, 3.8) is 0 Å². The van der Waals surface area contributed by atoms with Gasteiger partial charge in [0.15, 0.2) is 0 Å². The van der Waals surface area contributed by atoms with Crippen molar-refractivity contribution in [2.24, 2.45) is 7.05 Å². The predicted molar refractivity (Wildman–Crippen MR) is 89.7 cm³/mol. The molecule has 104 valence electrons. The molecule has 2 heteroatoms. The van der Waals surface area contributed by atoms with Gasteiger partial charge in [0, 0.05) is 46.3 Å². The van der Waals surface area contributed by atoms with Crippen LogP contribution in [0.2, 0.25) is 0 Å². The Hall–Kier alpha value is -2.48. The van der Waals surface area contributed by atoms with Gasteiger partial charge in [0.1, 0.15) is 0 Å². The van der Waals surface area contributed by atoms with Crippen molar-refractivity contribution >= 4 is 21.8 Å². The van der Waals surface area contributed by atoms with Gasteiger partial charge in [0.25, 0.3) is 0 Å². The Kier molecular flexibility index (Phi) is 2.49. The highest BCUT2D eigenvalue weighted by molar-refractivity contribution is 5.92. The van der Waals surface area contributed by atoms with Crippen molar-refractivity contribution in [2.75, 3.05) is 0 Å². The topological polar surface area (TPSA) is 20.7 Å². The first-order valence-corrected chi connectivity index (χ1v) is 7.28. The fourth-order valence-corrected chi connectivity index (χ4v) is 3.17. The SMILES string of the molecule is Cc1cccc2[nH]c(-c3cc(C)c4ccn(C)c4c3)cc12. The molecule has 0 saturated carbocycles. The minimum absolute atomic E-state index is 1.19. The zero-order chi connectivity index (χ0) is 14.6. The highest BCUT2D eigenvalue weighted by atomic mass is 14.9. The quantitative estimate of drug-likeness (QED) is 0.507. The summed E-state index contributed by atoms with van der Waals surface area (Å²) in [6, 6.07) is 15.4. The van der Waals surface area contributed by atoms with E-state index in [0.29, 0.717) is 0 Å². The van der Waals surface area contributed by atoms with Gasteiger partial charge in [0.2, 0.25) is 0 Å². The fraction of sp³-hybridized carbons (Fsp3) is 0.158. The molecule has 0 bridgehead atoms. The summed E-state index contributed by atoms with van der Waals surface area (Å²) in [4.78, 5) is 3.55. The van der Waals surface area contributed by atoms with E-state index in [4.69, 9.17) is 0 Å². The van der Waals surface area contributed by atoms with E-state index in [1.54, 1.807) is 0 Å². The van der Waals surface area contributed by atoms with Crippen molar-refractivity contribution < 1.29 is 0 Å². The summed E-state index contributed by atoms with van der Waals surface area (Å²) >= 11 is 0. The lowest BCUT2D eigenvalue weighted by molar-refractivity contribution is 0.969. The molecule has 0 saturated heterocycles. The number of H-pyrrole nitrogens is 1. The second-order valence-electron chi connectivity index (χ2n) is 5.87. The van der Waals surface area contributed by atoms with Crippen LogP contribution in [0.5, 0.6) is 0 Å². The molecule has 2 aromatic carbocycles. The van der Waals surface area contributed by atoms with Crippen LogP contribution in [-0.2, 0) is 7.05 Å². The maximum atomic E-state index is 3.55. The first-order valence-electron chi connectivity index (χ1n) is 7.28. The first kappa shape index (κ1) is 12.3. The number of rotatable bonds is 1. The minimum Gasteiger partial charge on any atom is -0.355 e. The van der Waals surface area contributed by atoms with Crippen molar-refractivity contribution in [3.8, 4) is 11.3 Å². The van der Waals surface area contributed by atoms with Crippen LogP contribution >= 0.6 is 0 Å². The number of aromatic amines is 1. The number of hydrogen-bond acceptors (Lipinski definition) is 0. The van der Waals surface area contributed by atoms with Crippen LogP contribution in [0.4, 0.5) is 0 Å². The lowest BCUT2D eigenvalue weighted by atomic mass is 10.0. The Morgan fingerprint density at radius 2 is 1.76 bits per heavy atom. The Morgan fingerprint density at radius 1 is 0.905 bits per heavy atom. The third kappa shape index (κ3) is 1.79. The van der Waals surface area contributed by atoms with Gasteiger partial charge in [-0.3, -0.25) is 0 Å². The number of hydrogen-bond donors (Lipinski definition) is 1. The highest BCUT2D eigenvalue weighted by Gasteiger charge is 2.09. The second-order valence-corrected chi connectivity index (χ2v) is 5.87. The summed E-state index contributed by atoms with van der Waals surface area (Å²) in [5.74, 6) is 0. The van der Waals surface area contributed by atoms with Crippen LogP contribution in [0.3, 0.4) is 0 Å². The van der Waals surface area contributed by atoms with Crippen LogP contribution in [0.1, 0.15) is 11.1 Å². The molecular formula is C19H18N2. The molecule has 0 amide bonds. The van der Waals surface area contributed by atoms with E-state index < -0.39 is 0 Å². The zero-order valence-electron chi connectivity index (χ0n) is 12.6. The molecule has 1 N–H and O–H groups in total. The molecule has 21 heavy (non-hydrogen) atoms. The zero-order valence-corrected chi connectivity index (χ0v) is 12.6. The van der Waals surface area contributed by atoms with Crippen molar-refractivity contribution in [3.05, 3.63) is 59.8 Å². The summed E-state index contributed by atoms with van der Waals surface area (Å²) in [7, 11) is 2.10. The summed E-state index contributed by atoms with van der Waals surface area (Å²) in [6.45, 7) is 4.34. The molecule has 0 unspecified atom stereocenters. The van der Waals surface area contributed by atoms with E-state index in [-0.39, 0.29) is 0 Å². The van der Waals surface area contributed by atoms with E-state index in [0.717, 1.165) is 0 Å². The average Bonchev–Trinajstić information content (AvgIpc) is 3.05. The van der Waals surface area contributed by atoms with E-state index >= 15 is 0 Å². The normalized spacial score (nSPS) is 11.6. The Labute approximate surface area is 124 Å².